The Kier molecular flexibility index (Phi) is 5.52. The first kappa shape index (κ1) is 15.3. The zero-order valence-electron chi connectivity index (χ0n) is 12.6. The molecule has 0 fully saturated rings. The summed E-state index contributed by atoms with van der Waals surface area (Å²) in [4.78, 5) is 12.0. The Morgan fingerprint density at radius 3 is 2.38 bits per heavy atom. The molecule has 2 rings (SSSR count). The molecule has 0 atom stereocenters. The second-order valence-electron chi connectivity index (χ2n) is 5.13. The van der Waals surface area contributed by atoms with Crippen molar-refractivity contribution in [3.8, 4) is 0 Å². The Balaban J connectivity index is 1.85. The van der Waals surface area contributed by atoms with Crippen LogP contribution in [0.1, 0.15) is 22.3 Å². The van der Waals surface area contributed by atoms with Crippen LogP contribution in [0.25, 0.3) is 0 Å². The van der Waals surface area contributed by atoms with Gasteiger partial charge in [-0.2, -0.15) is 0 Å². The lowest BCUT2D eigenvalue weighted by Crippen LogP contribution is -2.24. The molecule has 2 aromatic rings. The van der Waals surface area contributed by atoms with Crippen LogP contribution in [0.4, 0.5) is 0 Å². The van der Waals surface area contributed by atoms with Crippen LogP contribution in [0.2, 0.25) is 0 Å². The summed E-state index contributed by atoms with van der Waals surface area (Å²) in [5, 5.41) is 2.96. The summed E-state index contributed by atoms with van der Waals surface area (Å²) in [6.45, 7) is 3.19. The highest BCUT2D eigenvalue weighted by molar-refractivity contribution is 5.78. The summed E-state index contributed by atoms with van der Waals surface area (Å²) in [6, 6.07) is 16.0. The van der Waals surface area contributed by atoms with Crippen LogP contribution < -0.4 is 5.32 Å². The van der Waals surface area contributed by atoms with Crippen molar-refractivity contribution in [2.45, 2.75) is 26.5 Å². The van der Waals surface area contributed by atoms with Crippen LogP contribution in [0.3, 0.4) is 0 Å². The Morgan fingerprint density at radius 2 is 1.71 bits per heavy atom. The molecule has 0 heterocycles. The minimum atomic E-state index is 0.0465. The number of benzene rings is 2. The lowest BCUT2D eigenvalue weighted by atomic mass is 10.1. The van der Waals surface area contributed by atoms with Crippen molar-refractivity contribution in [2.24, 2.45) is 0 Å². The molecule has 3 nitrogen and oxygen atoms in total. The van der Waals surface area contributed by atoms with Gasteiger partial charge in [0.25, 0.3) is 0 Å². The fraction of sp³-hybridized carbons (Fsp3) is 0.278. The number of hydrogen-bond donors (Lipinski definition) is 1. The van der Waals surface area contributed by atoms with Gasteiger partial charge in [-0.05, 0) is 29.2 Å². The van der Waals surface area contributed by atoms with E-state index in [1.807, 2.05) is 55.5 Å². The quantitative estimate of drug-likeness (QED) is 0.885. The molecule has 2 aromatic carbocycles. The van der Waals surface area contributed by atoms with Gasteiger partial charge in [0.15, 0.2) is 0 Å². The summed E-state index contributed by atoms with van der Waals surface area (Å²) in [6.07, 6.45) is 0.425. The first-order valence-corrected chi connectivity index (χ1v) is 7.07. The first-order valence-electron chi connectivity index (χ1n) is 7.07. The molecular formula is C18H21NO2. The van der Waals surface area contributed by atoms with E-state index in [1.54, 1.807) is 7.11 Å². The summed E-state index contributed by atoms with van der Waals surface area (Å²) in [5.74, 6) is 0.0465. The van der Waals surface area contributed by atoms with E-state index in [0.717, 1.165) is 22.3 Å². The van der Waals surface area contributed by atoms with Gasteiger partial charge in [0.1, 0.15) is 0 Å². The van der Waals surface area contributed by atoms with Gasteiger partial charge in [-0.1, -0.05) is 48.5 Å². The predicted molar refractivity (Wildman–Crippen MR) is 83.9 cm³/mol. The molecule has 0 aliphatic carbocycles. The van der Waals surface area contributed by atoms with Crippen molar-refractivity contribution in [3.05, 3.63) is 70.8 Å². The highest BCUT2D eigenvalue weighted by Crippen LogP contribution is 2.08. The first-order chi connectivity index (χ1) is 10.2. The number of hydrogen-bond acceptors (Lipinski definition) is 2. The lowest BCUT2D eigenvalue weighted by molar-refractivity contribution is -0.120. The number of aryl methyl sites for hydroxylation is 1. The van der Waals surface area contributed by atoms with E-state index in [4.69, 9.17) is 4.74 Å². The smallest absolute Gasteiger partial charge is 0.224 e. The summed E-state index contributed by atoms with van der Waals surface area (Å²) >= 11 is 0. The molecule has 0 saturated carbocycles. The van der Waals surface area contributed by atoms with Gasteiger partial charge >= 0.3 is 0 Å². The van der Waals surface area contributed by atoms with Gasteiger partial charge in [0.2, 0.25) is 5.91 Å². The fourth-order valence-electron chi connectivity index (χ4n) is 2.16. The van der Waals surface area contributed by atoms with Gasteiger partial charge < -0.3 is 10.1 Å². The van der Waals surface area contributed by atoms with Crippen molar-refractivity contribution in [1.82, 2.24) is 5.32 Å². The Hall–Kier alpha value is -2.13. The van der Waals surface area contributed by atoms with Gasteiger partial charge in [-0.25, -0.2) is 0 Å². The third-order valence-corrected chi connectivity index (χ3v) is 3.44. The Morgan fingerprint density at radius 1 is 1.05 bits per heavy atom. The summed E-state index contributed by atoms with van der Waals surface area (Å²) in [5.41, 5.74) is 4.45. The molecule has 0 unspecified atom stereocenters. The standard InChI is InChI=1S/C18H21NO2/c1-14-5-3-4-6-17(14)11-18(20)19-12-15-7-9-16(10-8-15)13-21-2/h3-10H,11-13H2,1-2H3,(H,19,20). The van der Waals surface area contributed by atoms with Crippen LogP contribution >= 0.6 is 0 Å². The molecule has 1 amide bonds. The third-order valence-electron chi connectivity index (χ3n) is 3.44. The van der Waals surface area contributed by atoms with E-state index in [9.17, 15) is 4.79 Å². The molecule has 3 heteroatoms. The van der Waals surface area contributed by atoms with Crippen LogP contribution in [-0.4, -0.2) is 13.0 Å². The molecule has 0 aromatic heterocycles. The largest absolute Gasteiger partial charge is 0.380 e. The molecule has 0 aliphatic heterocycles. The normalized spacial score (nSPS) is 10.4. The van der Waals surface area contributed by atoms with Crippen molar-refractivity contribution in [1.29, 1.82) is 0 Å². The lowest BCUT2D eigenvalue weighted by Gasteiger charge is -2.08. The zero-order chi connectivity index (χ0) is 15.1. The molecule has 110 valence electrons. The van der Waals surface area contributed by atoms with Crippen molar-refractivity contribution < 1.29 is 9.53 Å². The maximum Gasteiger partial charge on any atom is 0.224 e. The van der Waals surface area contributed by atoms with Crippen LogP contribution in [-0.2, 0) is 29.1 Å². The number of ether oxygens (including phenoxy) is 1. The predicted octanol–water partition coefficient (Wildman–Crippen LogP) is 3.00. The number of carbonyl (C=O) groups excluding carboxylic acids is 1. The van der Waals surface area contributed by atoms with Gasteiger partial charge in [-0.15, -0.1) is 0 Å². The molecule has 0 radical (unpaired) electrons. The Bertz CT molecular complexity index is 590. The monoisotopic (exact) mass is 283 g/mol. The fourth-order valence-corrected chi connectivity index (χ4v) is 2.16. The summed E-state index contributed by atoms with van der Waals surface area (Å²) in [7, 11) is 1.68. The van der Waals surface area contributed by atoms with E-state index in [2.05, 4.69) is 5.32 Å². The maximum atomic E-state index is 12.0. The minimum Gasteiger partial charge on any atom is -0.380 e. The van der Waals surface area contributed by atoms with Gasteiger partial charge in [0.05, 0.1) is 13.0 Å². The molecule has 0 spiro atoms. The highest BCUT2D eigenvalue weighted by Gasteiger charge is 2.05. The number of nitrogens with one attached hydrogen (secondary N) is 1. The minimum absolute atomic E-state index is 0.0465. The number of amides is 1. The van der Waals surface area contributed by atoms with Crippen LogP contribution in [0.5, 0.6) is 0 Å². The number of methoxy groups -OCH3 is 1. The van der Waals surface area contributed by atoms with Crippen molar-refractivity contribution in [3.63, 3.8) is 0 Å². The highest BCUT2D eigenvalue weighted by atomic mass is 16.5. The Labute approximate surface area is 126 Å². The second kappa shape index (κ2) is 7.60. The van der Waals surface area contributed by atoms with Gasteiger partial charge in [0, 0.05) is 13.7 Å². The van der Waals surface area contributed by atoms with E-state index in [0.29, 0.717) is 19.6 Å². The van der Waals surface area contributed by atoms with E-state index in [1.165, 1.54) is 0 Å². The maximum absolute atomic E-state index is 12.0. The third kappa shape index (κ3) is 4.72. The molecule has 0 saturated heterocycles. The van der Waals surface area contributed by atoms with Crippen molar-refractivity contribution >= 4 is 5.91 Å². The van der Waals surface area contributed by atoms with Crippen molar-refractivity contribution in [2.75, 3.05) is 7.11 Å². The van der Waals surface area contributed by atoms with Gasteiger partial charge in [-0.3, -0.25) is 4.79 Å². The number of rotatable bonds is 6. The zero-order valence-corrected chi connectivity index (χ0v) is 12.6. The summed E-state index contributed by atoms with van der Waals surface area (Å²) < 4.78 is 5.07. The van der Waals surface area contributed by atoms with Crippen LogP contribution in [0.15, 0.2) is 48.5 Å². The number of carbonyl (C=O) groups is 1. The van der Waals surface area contributed by atoms with Crippen LogP contribution in [0, 0.1) is 6.92 Å². The second-order valence-corrected chi connectivity index (χ2v) is 5.13. The SMILES string of the molecule is COCc1ccc(CNC(=O)Cc2ccccc2C)cc1. The molecule has 0 bridgehead atoms. The molecule has 1 N–H and O–H groups in total. The molecule has 0 aliphatic rings. The topological polar surface area (TPSA) is 38.3 Å². The average Bonchev–Trinajstić information content (AvgIpc) is 2.49. The van der Waals surface area contributed by atoms with E-state index >= 15 is 0 Å². The van der Waals surface area contributed by atoms with E-state index < -0.39 is 0 Å². The molecule has 21 heavy (non-hydrogen) atoms. The average molecular weight is 283 g/mol. The van der Waals surface area contributed by atoms with E-state index in [-0.39, 0.29) is 5.91 Å². The molecular weight excluding hydrogens is 262 g/mol.